The average Bonchev–Trinajstić information content (AvgIpc) is 3.65. The van der Waals surface area contributed by atoms with Gasteiger partial charge in [0.2, 0.25) is 0 Å². The summed E-state index contributed by atoms with van der Waals surface area (Å²) < 4.78 is 12.2. The Kier molecular flexibility index (Phi) is 3.39. The molecule has 36 heavy (non-hydrogen) atoms. The van der Waals surface area contributed by atoms with Gasteiger partial charge in [0, 0.05) is 31.6 Å². The van der Waals surface area contributed by atoms with E-state index in [-0.39, 0.29) is 0 Å². The molecule has 0 aliphatic rings. The number of fused-ring (bicyclic) bond motifs is 12. The van der Waals surface area contributed by atoms with Crippen molar-refractivity contribution < 1.29 is 4.42 Å². The molecule has 168 valence electrons. The Morgan fingerprint density at radius 3 is 2.36 bits per heavy atom. The lowest BCUT2D eigenvalue weighted by atomic mass is 10.1. The molecule has 4 aromatic carbocycles. The number of para-hydroxylation sites is 1. The fraction of sp³-hybridized carbons (Fsp3) is 0. The first-order valence-electron chi connectivity index (χ1n) is 12.0. The number of thiophene rings is 1. The van der Waals surface area contributed by atoms with Gasteiger partial charge < -0.3 is 4.42 Å². The van der Waals surface area contributed by atoms with Gasteiger partial charge in [0.25, 0.3) is 0 Å². The van der Waals surface area contributed by atoms with Crippen molar-refractivity contribution in [2.24, 2.45) is 0 Å². The predicted molar refractivity (Wildman–Crippen MR) is 150 cm³/mol. The van der Waals surface area contributed by atoms with E-state index in [1.54, 1.807) is 0 Å². The number of aromatic nitrogens is 3. The Labute approximate surface area is 208 Å². The van der Waals surface area contributed by atoms with Crippen molar-refractivity contribution >= 4 is 80.9 Å². The second-order valence-electron chi connectivity index (χ2n) is 9.28. The summed E-state index contributed by atoms with van der Waals surface area (Å²) in [4.78, 5) is 1.22. The fourth-order valence-electron chi connectivity index (χ4n) is 5.80. The lowest BCUT2D eigenvalue weighted by molar-refractivity contribution is 0.673. The maximum Gasteiger partial charge on any atom is 0.145 e. The molecule has 5 aromatic heterocycles. The van der Waals surface area contributed by atoms with Crippen LogP contribution in [0.25, 0.3) is 75.3 Å². The third-order valence-electron chi connectivity index (χ3n) is 7.36. The van der Waals surface area contributed by atoms with Crippen LogP contribution in [0.4, 0.5) is 0 Å². The van der Waals surface area contributed by atoms with Gasteiger partial charge in [0.05, 0.1) is 33.8 Å². The van der Waals surface area contributed by atoms with Gasteiger partial charge in [-0.3, -0.25) is 4.57 Å². The molecule has 0 unspecified atom stereocenters. The van der Waals surface area contributed by atoms with Crippen LogP contribution >= 0.6 is 11.3 Å². The summed E-state index contributed by atoms with van der Waals surface area (Å²) in [5.74, 6) is 0. The fourth-order valence-corrected chi connectivity index (χ4v) is 7.05. The molecule has 9 aromatic rings. The molecule has 0 saturated heterocycles. The molecule has 5 heteroatoms. The normalized spacial score (nSPS) is 12.4. The Balaban J connectivity index is 1.47. The summed E-state index contributed by atoms with van der Waals surface area (Å²) >= 11 is 1.83. The van der Waals surface area contributed by atoms with E-state index in [9.17, 15) is 0 Å². The van der Waals surface area contributed by atoms with E-state index in [1.165, 1.54) is 25.7 Å². The second kappa shape index (κ2) is 6.53. The molecule has 0 saturated carbocycles. The number of hydrogen-bond acceptors (Lipinski definition) is 3. The first kappa shape index (κ1) is 18.7. The molecule has 0 fully saturated rings. The average molecular weight is 480 g/mol. The highest BCUT2D eigenvalue weighted by Gasteiger charge is 2.22. The van der Waals surface area contributed by atoms with E-state index in [2.05, 4.69) is 95.7 Å². The standard InChI is InChI=1S/C31H17N3OS/c1-4-10-23-21(8-1)24-15-13-18(17-33(24)32-23)34-25-16-14-20-19-7-2-5-11-26(19)35-30(20)29(25)28-22-9-3-6-12-27(22)36-31(28)34/h1-17H. The molecular weight excluding hydrogens is 462 g/mol. The summed E-state index contributed by atoms with van der Waals surface area (Å²) in [7, 11) is 0. The van der Waals surface area contributed by atoms with Crippen LogP contribution < -0.4 is 0 Å². The van der Waals surface area contributed by atoms with Gasteiger partial charge in [-0.05, 0) is 42.5 Å². The third-order valence-corrected chi connectivity index (χ3v) is 8.52. The van der Waals surface area contributed by atoms with E-state index in [1.807, 2.05) is 28.0 Å². The number of hydrogen-bond donors (Lipinski definition) is 0. The molecule has 0 aliphatic carbocycles. The summed E-state index contributed by atoms with van der Waals surface area (Å²) in [6.07, 6.45) is 2.14. The predicted octanol–water partition coefficient (Wildman–Crippen LogP) is 8.70. The zero-order valence-corrected chi connectivity index (χ0v) is 19.8. The number of pyridine rings is 1. The number of furan rings is 1. The van der Waals surface area contributed by atoms with E-state index >= 15 is 0 Å². The summed E-state index contributed by atoms with van der Waals surface area (Å²) in [5, 5.41) is 12.0. The van der Waals surface area contributed by atoms with Gasteiger partial charge in [-0.25, -0.2) is 4.52 Å². The van der Waals surface area contributed by atoms with Crippen molar-refractivity contribution in [2.75, 3.05) is 0 Å². The van der Waals surface area contributed by atoms with Crippen molar-refractivity contribution in [3.8, 4) is 5.69 Å². The minimum absolute atomic E-state index is 0.921. The van der Waals surface area contributed by atoms with Crippen LogP contribution in [0.1, 0.15) is 0 Å². The van der Waals surface area contributed by atoms with Gasteiger partial charge in [0.1, 0.15) is 16.0 Å². The molecule has 4 nitrogen and oxygen atoms in total. The van der Waals surface area contributed by atoms with Crippen LogP contribution in [0.2, 0.25) is 0 Å². The van der Waals surface area contributed by atoms with Gasteiger partial charge in [0.15, 0.2) is 0 Å². The Morgan fingerprint density at radius 2 is 1.42 bits per heavy atom. The zero-order valence-electron chi connectivity index (χ0n) is 19.0. The Bertz CT molecular complexity index is 2330. The molecule has 0 aliphatic heterocycles. The molecule has 0 atom stereocenters. The summed E-state index contributed by atoms with van der Waals surface area (Å²) in [6.45, 7) is 0. The van der Waals surface area contributed by atoms with E-state index in [4.69, 9.17) is 9.52 Å². The highest BCUT2D eigenvalue weighted by Crippen LogP contribution is 2.46. The molecule has 0 amide bonds. The van der Waals surface area contributed by atoms with Crippen molar-refractivity contribution in [3.05, 3.63) is 103 Å². The minimum Gasteiger partial charge on any atom is -0.455 e. The lowest BCUT2D eigenvalue weighted by Gasteiger charge is -2.07. The first-order chi connectivity index (χ1) is 17.8. The molecule has 0 spiro atoms. The molecular formula is C31H17N3OS. The van der Waals surface area contributed by atoms with Gasteiger partial charge in [-0.15, -0.1) is 11.3 Å². The molecule has 5 heterocycles. The third kappa shape index (κ3) is 2.26. The molecule has 0 radical (unpaired) electrons. The van der Waals surface area contributed by atoms with Crippen LogP contribution in [0.15, 0.2) is 108 Å². The zero-order chi connectivity index (χ0) is 23.4. The topological polar surface area (TPSA) is 35.4 Å². The monoisotopic (exact) mass is 479 g/mol. The minimum atomic E-state index is 0.921. The summed E-state index contributed by atoms with van der Waals surface area (Å²) in [5.41, 5.74) is 6.21. The number of rotatable bonds is 1. The highest BCUT2D eigenvalue weighted by atomic mass is 32.1. The van der Waals surface area contributed by atoms with Crippen LogP contribution in [-0.2, 0) is 0 Å². The SMILES string of the molecule is c1ccc2c(c1)nn1cc(-n3c4ccc5c6ccccc6oc5c4c4c5ccccc5sc43)ccc21. The maximum absolute atomic E-state index is 6.53. The lowest BCUT2D eigenvalue weighted by Crippen LogP contribution is -1.96. The molecule has 0 N–H and O–H groups in total. The van der Waals surface area contributed by atoms with Crippen molar-refractivity contribution in [1.29, 1.82) is 0 Å². The van der Waals surface area contributed by atoms with Crippen LogP contribution in [0.3, 0.4) is 0 Å². The van der Waals surface area contributed by atoms with E-state index in [0.717, 1.165) is 49.6 Å². The van der Waals surface area contributed by atoms with Gasteiger partial charge in [-0.2, -0.15) is 5.10 Å². The largest absolute Gasteiger partial charge is 0.455 e. The smallest absolute Gasteiger partial charge is 0.145 e. The van der Waals surface area contributed by atoms with E-state index in [0.29, 0.717) is 0 Å². The van der Waals surface area contributed by atoms with Gasteiger partial charge >= 0.3 is 0 Å². The number of nitrogens with zero attached hydrogens (tertiary/aromatic N) is 3. The Hall–Kier alpha value is -4.61. The van der Waals surface area contributed by atoms with Crippen molar-refractivity contribution in [2.45, 2.75) is 0 Å². The van der Waals surface area contributed by atoms with E-state index < -0.39 is 0 Å². The first-order valence-corrected chi connectivity index (χ1v) is 12.8. The molecule has 9 rings (SSSR count). The molecule has 0 bridgehead atoms. The van der Waals surface area contributed by atoms with Crippen LogP contribution in [-0.4, -0.2) is 14.2 Å². The quantitative estimate of drug-likeness (QED) is 0.236. The second-order valence-corrected chi connectivity index (χ2v) is 10.3. The number of benzene rings is 4. The van der Waals surface area contributed by atoms with Gasteiger partial charge in [-0.1, -0.05) is 54.6 Å². The van der Waals surface area contributed by atoms with Crippen molar-refractivity contribution in [1.82, 2.24) is 14.2 Å². The van der Waals surface area contributed by atoms with Crippen LogP contribution in [0.5, 0.6) is 0 Å². The Morgan fingerprint density at radius 1 is 0.639 bits per heavy atom. The maximum atomic E-state index is 6.53. The van der Waals surface area contributed by atoms with Crippen LogP contribution in [0, 0.1) is 0 Å². The summed E-state index contributed by atoms with van der Waals surface area (Å²) in [6, 6.07) is 34.1. The van der Waals surface area contributed by atoms with Crippen molar-refractivity contribution in [3.63, 3.8) is 0 Å². The highest BCUT2D eigenvalue weighted by molar-refractivity contribution is 7.25.